The number of carbonyl (C=O) groups is 2. The highest BCUT2D eigenvalue weighted by molar-refractivity contribution is 5.96. The van der Waals surface area contributed by atoms with Gasteiger partial charge in [0.15, 0.2) is 0 Å². The molecule has 0 amide bonds. The summed E-state index contributed by atoms with van der Waals surface area (Å²) >= 11 is 0. The predicted octanol–water partition coefficient (Wildman–Crippen LogP) is 0.752. The van der Waals surface area contributed by atoms with E-state index in [-0.39, 0.29) is 6.61 Å². The van der Waals surface area contributed by atoms with Crippen LogP contribution in [0.3, 0.4) is 0 Å². The maximum absolute atomic E-state index is 12.3. The van der Waals surface area contributed by atoms with E-state index in [0.29, 0.717) is 6.42 Å². The molecule has 0 rings (SSSR count). The Kier molecular flexibility index (Phi) is 4.99. The quantitative estimate of drug-likeness (QED) is 0.383. The van der Waals surface area contributed by atoms with Crippen molar-refractivity contribution in [2.75, 3.05) is 6.61 Å². The summed E-state index contributed by atoms with van der Waals surface area (Å²) < 4.78 is 16.6. The van der Waals surface area contributed by atoms with Crippen molar-refractivity contribution in [3.63, 3.8) is 0 Å². The first-order valence-corrected chi connectivity index (χ1v) is 3.63. The van der Waals surface area contributed by atoms with E-state index < -0.39 is 18.1 Å². The highest BCUT2D eigenvalue weighted by Crippen LogP contribution is 1.96. The Bertz CT molecular complexity index is 169. The smallest absolute Gasteiger partial charge is 0.352 e. The van der Waals surface area contributed by atoms with Gasteiger partial charge in [0.2, 0.25) is 0 Å². The fraction of sp³-hybridized carbons (Fsp3) is 0.714. The number of hydrogen-bond acceptors (Lipinski definition) is 3. The van der Waals surface area contributed by atoms with Gasteiger partial charge in [0.05, 0.1) is 6.61 Å². The number of halogens is 1. The lowest BCUT2D eigenvalue weighted by Gasteiger charge is -2.03. The first kappa shape index (κ1) is 10.9. The van der Waals surface area contributed by atoms with E-state index in [1.165, 1.54) is 0 Å². The molecule has 0 aromatic rings. The van der Waals surface area contributed by atoms with Gasteiger partial charge >= 0.3 is 11.9 Å². The zero-order chi connectivity index (χ0) is 9.56. The van der Waals surface area contributed by atoms with Crippen molar-refractivity contribution in [2.45, 2.75) is 25.9 Å². The van der Waals surface area contributed by atoms with Crippen LogP contribution in [0.15, 0.2) is 0 Å². The molecule has 0 saturated heterocycles. The SMILES string of the molecule is CCCCOC(=O)C(F)C(=O)O. The molecule has 0 saturated carbocycles. The van der Waals surface area contributed by atoms with E-state index in [1.807, 2.05) is 6.92 Å². The van der Waals surface area contributed by atoms with E-state index in [0.717, 1.165) is 6.42 Å². The third-order valence-electron chi connectivity index (χ3n) is 1.17. The van der Waals surface area contributed by atoms with Gasteiger partial charge in [-0.2, -0.15) is 0 Å². The first-order valence-electron chi connectivity index (χ1n) is 3.63. The van der Waals surface area contributed by atoms with Crippen LogP contribution in [0.1, 0.15) is 19.8 Å². The van der Waals surface area contributed by atoms with Gasteiger partial charge in [-0.15, -0.1) is 0 Å². The molecule has 0 radical (unpaired) electrons. The molecule has 0 spiro atoms. The van der Waals surface area contributed by atoms with Crippen molar-refractivity contribution in [3.05, 3.63) is 0 Å². The van der Waals surface area contributed by atoms with Crippen molar-refractivity contribution in [1.82, 2.24) is 0 Å². The molecule has 0 bridgehead atoms. The monoisotopic (exact) mass is 178 g/mol. The van der Waals surface area contributed by atoms with Gasteiger partial charge < -0.3 is 9.84 Å². The number of aliphatic carboxylic acids is 1. The maximum atomic E-state index is 12.3. The molecule has 1 atom stereocenters. The van der Waals surface area contributed by atoms with Crippen LogP contribution in [0.25, 0.3) is 0 Å². The summed E-state index contributed by atoms with van der Waals surface area (Å²) in [6, 6.07) is 0. The zero-order valence-electron chi connectivity index (χ0n) is 6.75. The van der Waals surface area contributed by atoms with E-state index in [9.17, 15) is 14.0 Å². The van der Waals surface area contributed by atoms with Crippen molar-refractivity contribution in [3.8, 4) is 0 Å². The third kappa shape index (κ3) is 3.90. The number of esters is 1. The minimum absolute atomic E-state index is 0.0725. The van der Waals surface area contributed by atoms with Gasteiger partial charge in [0.25, 0.3) is 6.17 Å². The highest BCUT2D eigenvalue weighted by atomic mass is 19.1. The number of rotatable bonds is 5. The molecule has 5 heteroatoms. The molecule has 70 valence electrons. The minimum Gasteiger partial charge on any atom is -0.479 e. The second-order valence-electron chi connectivity index (χ2n) is 2.22. The van der Waals surface area contributed by atoms with Crippen molar-refractivity contribution >= 4 is 11.9 Å². The molecular weight excluding hydrogens is 167 g/mol. The number of carbonyl (C=O) groups excluding carboxylic acids is 1. The van der Waals surface area contributed by atoms with Crippen molar-refractivity contribution in [2.24, 2.45) is 0 Å². The lowest BCUT2D eigenvalue weighted by molar-refractivity contribution is -0.160. The minimum atomic E-state index is -2.55. The summed E-state index contributed by atoms with van der Waals surface area (Å²) in [5.74, 6) is -3.13. The van der Waals surface area contributed by atoms with Gasteiger partial charge in [0, 0.05) is 0 Å². The Labute approximate surface area is 69.3 Å². The molecule has 1 N–H and O–H groups in total. The van der Waals surface area contributed by atoms with Crippen molar-refractivity contribution < 1.29 is 23.8 Å². The molecule has 12 heavy (non-hydrogen) atoms. The summed E-state index contributed by atoms with van der Waals surface area (Å²) in [6.45, 7) is 1.95. The second kappa shape index (κ2) is 5.51. The summed E-state index contributed by atoms with van der Waals surface area (Å²) in [6.07, 6.45) is -1.14. The number of unbranched alkanes of at least 4 members (excludes halogenated alkanes) is 1. The average Bonchev–Trinajstić information content (AvgIpc) is 2.03. The van der Waals surface area contributed by atoms with Crippen LogP contribution in [0.2, 0.25) is 0 Å². The Morgan fingerprint density at radius 3 is 2.58 bits per heavy atom. The van der Waals surface area contributed by atoms with Gasteiger partial charge in [-0.25, -0.2) is 14.0 Å². The fourth-order valence-corrected chi connectivity index (χ4v) is 0.491. The molecule has 0 aromatic heterocycles. The van der Waals surface area contributed by atoms with Crippen LogP contribution in [0.5, 0.6) is 0 Å². The normalized spacial score (nSPS) is 12.2. The zero-order valence-corrected chi connectivity index (χ0v) is 6.75. The molecule has 0 aromatic carbocycles. The van der Waals surface area contributed by atoms with Crippen LogP contribution in [-0.2, 0) is 14.3 Å². The van der Waals surface area contributed by atoms with Gasteiger partial charge in [-0.3, -0.25) is 0 Å². The van der Waals surface area contributed by atoms with Crippen LogP contribution in [0, 0.1) is 0 Å². The standard InChI is InChI=1S/C7H11FO4/c1-2-3-4-12-7(11)5(8)6(9)10/h5H,2-4H2,1H3,(H,9,10). The molecule has 0 fully saturated rings. The fourth-order valence-electron chi connectivity index (χ4n) is 0.491. The van der Waals surface area contributed by atoms with E-state index in [4.69, 9.17) is 5.11 Å². The van der Waals surface area contributed by atoms with Gasteiger partial charge in [0.1, 0.15) is 0 Å². The Balaban J connectivity index is 3.65. The highest BCUT2D eigenvalue weighted by Gasteiger charge is 2.26. The van der Waals surface area contributed by atoms with E-state index in [1.54, 1.807) is 0 Å². The van der Waals surface area contributed by atoms with Crippen LogP contribution in [0.4, 0.5) is 4.39 Å². The Morgan fingerprint density at radius 1 is 1.58 bits per heavy atom. The van der Waals surface area contributed by atoms with Crippen LogP contribution >= 0.6 is 0 Å². The van der Waals surface area contributed by atoms with E-state index >= 15 is 0 Å². The summed E-state index contributed by atoms with van der Waals surface area (Å²) in [4.78, 5) is 20.4. The molecule has 0 aliphatic rings. The largest absolute Gasteiger partial charge is 0.479 e. The van der Waals surface area contributed by atoms with Crippen LogP contribution in [-0.4, -0.2) is 29.8 Å². The number of carboxylic acids is 1. The summed E-state index contributed by atoms with van der Waals surface area (Å²) in [5.41, 5.74) is 0. The van der Waals surface area contributed by atoms with Gasteiger partial charge in [-0.1, -0.05) is 13.3 Å². The Morgan fingerprint density at radius 2 is 2.17 bits per heavy atom. The number of alkyl halides is 1. The molecule has 0 aliphatic carbocycles. The van der Waals surface area contributed by atoms with Crippen LogP contribution < -0.4 is 0 Å². The number of ether oxygens (including phenoxy) is 1. The first-order chi connectivity index (χ1) is 5.59. The number of hydrogen-bond donors (Lipinski definition) is 1. The number of carboxylic acid groups (broad SMARTS) is 1. The topological polar surface area (TPSA) is 63.6 Å². The second-order valence-corrected chi connectivity index (χ2v) is 2.22. The Hall–Kier alpha value is -1.13. The molecule has 4 nitrogen and oxygen atoms in total. The van der Waals surface area contributed by atoms with E-state index in [2.05, 4.69) is 4.74 Å². The molecule has 0 aliphatic heterocycles. The molecule has 0 heterocycles. The lowest BCUT2D eigenvalue weighted by Crippen LogP contribution is -2.27. The average molecular weight is 178 g/mol. The summed E-state index contributed by atoms with van der Waals surface area (Å²) in [7, 11) is 0. The lowest BCUT2D eigenvalue weighted by atomic mass is 10.3. The van der Waals surface area contributed by atoms with Crippen molar-refractivity contribution in [1.29, 1.82) is 0 Å². The predicted molar refractivity (Wildman–Crippen MR) is 38.4 cm³/mol. The van der Waals surface area contributed by atoms with Gasteiger partial charge in [-0.05, 0) is 6.42 Å². The molecule has 1 unspecified atom stereocenters. The third-order valence-corrected chi connectivity index (χ3v) is 1.17. The summed E-state index contributed by atoms with van der Waals surface area (Å²) in [5, 5.41) is 8.03. The maximum Gasteiger partial charge on any atom is 0.352 e. The molecular formula is C7H11FO4.